The first-order valence-corrected chi connectivity index (χ1v) is 34.1. The number of rotatable bonds is 31. The monoisotopic (exact) mass is 1540 g/mol. The summed E-state index contributed by atoms with van der Waals surface area (Å²) in [7, 11) is 2.29. The van der Waals surface area contributed by atoms with Gasteiger partial charge in [-0.1, -0.05) is 39.1 Å². The number of aliphatic hydroxyl groups excluding tert-OH is 5. The molecule has 42 heteroatoms. The summed E-state index contributed by atoms with van der Waals surface area (Å²) < 4.78 is 18.4. The van der Waals surface area contributed by atoms with Crippen molar-refractivity contribution in [2.45, 2.75) is 129 Å². The molecule has 37 nitrogen and oxygen atoms in total. The Kier molecular flexibility index (Phi) is 39.8. The van der Waals surface area contributed by atoms with E-state index in [1.54, 1.807) is 28.0 Å². The van der Waals surface area contributed by atoms with Gasteiger partial charge in [-0.15, -0.1) is 23.2 Å². The number of carbonyl (C=O) groups excluding carboxylic acids is 2. The Balaban J connectivity index is 0.000000250. The number of methoxy groups -OCH3 is 2. The van der Waals surface area contributed by atoms with Crippen LogP contribution in [0.3, 0.4) is 0 Å². The van der Waals surface area contributed by atoms with Gasteiger partial charge in [0.2, 0.25) is 11.4 Å². The van der Waals surface area contributed by atoms with Crippen molar-refractivity contribution in [2.75, 3.05) is 64.3 Å². The SMILES string of the molecule is COC(=O)c1c([N+](=O)[O-])cnn1CCCCO.COC(=O)c1nn(CCCCO)cc1[N+](=O)[O-].ClCCCCn1cc2ncnc(Cl)c2n1.ClCCCCn1ncc2ncnc(Cl)c21.O=c1[nH]cnc2cn(CCCCO)nc12.O=c1[nH]cnc2cnn(CCCCO)c12.OCCCCBr. The fourth-order valence-electron chi connectivity index (χ4n) is 8.47. The van der Waals surface area contributed by atoms with E-state index in [0.29, 0.717) is 115 Å². The lowest BCUT2D eigenvalue weighted by molar-refractivity contribution is -0.385. The summed E-state index contributed by atoms with van der Waals surface area (Å²) in [5.74, 6) is -0.277. The van der Waals surface area contributed by atoms with Gasteiger partial charge >= 0.3 is 23.3 Å². The number of unbranched alkanes of at least 4 members (excludes halogenated alkanes) is 7. The standard InChI is InChI=1S/2C9H10Cl2N4.2C9H12N4O2.2C9H13N3O5.C4H9BrO/c10-3-1-2-4-15-5-7-8(14-15)9(11)13-6-12-7;10-3-1-2-4-15-8-7(5-14-15)12-6-13-9(8)11;14-4-2-1-3-13-5-7-8(12-13)9(15)11-6-10-7;14-4-2-1-3-13-8-7(5-12-13)10-6-11-9(8)15;1-17-9(14)8-7(12(15)16)6-11(10-8)4-2-3-5-13;1-17-9(14)8-7(12(15)16)6-10-11(8)4-2-3-5-13;5-3-1-2-4-6/h2*5-6H,1-4H2;2*5-6,14H,1-4H2,(H,10,11,15);2*6,13H,2-5H2,1H3;6H,1-4H2. The Morgan fingerprint density at radius 1 is 0.500 bits per heavy atom. The molecule has 0 aliphatic carbocycles. The van der Waals surface area contributed by atoms with Gasteiger partial charge in [0.15, 0.2) is 21.3 Å². The summed E-state index contributed by atoms with van der Waals surface area (Å²) in [4.78, 5) is 94.5. The first-order valence-electron chi connectivity index (χ1n) is 31.2. The van der Waals surface area contributed by atoms with Crippen LogP contribution in [0, 0.1) is 20.2 Å². The van der Waals surface area contributed by atoms with E-state index < -0.39 is 21.8 Å². The third-order valence-corrected chi connectivity index (χ3v) is 15.1. The van der Waals surface area contributed by atoms with Crippen molar-refractivity contribution in [3.8, 4) is 0 Å². The summed E-state index contributed by atoms with van der Waals surface area (Å²) in [5, 5.41) is 90.2. The van der Waals surface area contributed by atoms with E-state index in [1.807, 2.05) is 15.6 Å². The fourth-order valence-corrected chi connectivity index (χ4v) is 9.66. The van der Waals surface area contributed by atoms with E-state index in [-0.39, 0.29) is 60.3 Å². The number of ether oxygens (including phenoxy) is 2. The Morgan fingerprint density at radius 2 is 0.930 bits per heavy atom. The van der Waals surface area contributed by atoms with Crippen molar-refractivity contribution in [3.05, 3.63) is 125 Å². The van der Waals surface area contributed by atoms with E-state index in [9.17, 15) is 39.4 Å². The predicted octanol–water partition coefficient (Wildman–Crippen LogP) is 6.64. The summed E-state index contributed by atoms with van der Waals surface area (Å²) >= 11 is 26.3. The molecule has 100 heavy (non-hydrogen) atoms. The van der Waals surface area contributed by atoms with E-state index in [4.69, 9.17) is 71.9 Å². The average molecular weight is 1550 g/mol. The van der Waals surface area contributed by atoms with Gasteiger partial charge < -0.3 is 45.0 Å². The Bertz CT molecular complexity index is 4150. The second-order valence-corrected chi connectivity index (χ2v) is 22.9. The molecular weight excluding hydrogens is 1470 g/mol. The smallest absolute Gasteiger partial charge is 0.365 e. The maximum absolute atomic E-state index is 11.5. The molecule has 0 unspecified atom stereocenters. The highest BCUT2D eigenvalue weighted by molar-refractivity contribution is 9.09. The van der Waals surface area contributed by atoms with Crippen molar-refractivity contribution < 1.29 is 54.4 Å². The highest BCUT2D eigenvalue weighted by Crippen LogP contribution is 2.22. The molecule has 0 amide bonds. The number of H-pyrrole nitrogens is 2. The molecule has 7 N–H and O–H groups in total. The van der Waals surface area contributed by atoms with Crippen molar-refractivity contribution in [1.29, 1.82) is 0 Å². The van der Waals surface area contributed by atoms with Crippen LogP contribution < -0.4 is 11.1 Å². The zero-order chi connectivity index (χ0) is 73.2. The zero-order valence-electron chi connectivity index (χ0n) is 54.7. The van der Waals surface area contributed by atoms with Crippen LogP contribution in [0.5, 0.6) is 0 Å². The number of aromatic nitrogens is 20. The van der Waals surface area contributed by atoms with Crippen molar-refractivity contribution in [3.63, 3.8) is 0 Å². The van der Waals surface area contributed by atoms with Crippen molar-refractivity contribution >= 4 is 130 Å². The number of alkyl halides is 3. The molecular formula is C58H79BrCl4N22O15. The maximum Gasteiger partial charge on any atom is 0.365 e. The van der Waals surface area contributed by atoms with Gasteiger partial charge in [0.25, 0.3) is 11.1 Å². The van der Waals surface area contributed by atoms with Gasteiger partial charge in [0, 0.05) is 89.4 Å². The number of esters is 2. The van der Waals surface area contributed by atoms with Gasteiger partial charge in [-0.05, 0) is 89.9 Å². The summed E-state index contributed by atoms with van der Waals surface area (Å²) in [6.45, 7) is 4.40. The largest absolute Gasteiger partial charge is 0.464 e. The Morgan fingerprint density at radius 3 is 1.43 bits per heavy atom. The molecule has 0 spiro atoms. The van der Waals surface area contributed by atoms with Crippen LogP contribution >= 0.6 is 62.3 Å². The predicted molar refractivity (Wildman–Crippen MR) is 373 cm³/mol. The molecule has 0 aromatic carbocycles. The molecule has 546 valence electrons. The number of nitro groups is 2. The molecule has 0 saturated heterocycles. The molecule has 0 fully saturated rings. The van der Waals surface area contributed by atoms with Gasteiger partial charge in [-0.3, -0.25) is 57.9 Å². The van der Waals surface area contributed by atoms with Crippen LogP contribution in [-0.4, -0.2) is 210 Å². The maximum atomic E-state index is 11.5. The van der Waals surface area contributed by atoms with Gasteiger partial charge in [-0.2, -0.15) is 30.6 Å². The number of nitrogens with zero attached hydrogens (tertiary/aromatic N) is 20. The van der Waals surface area contributed by atoms with Crippen LogP contribution in [0.2, 0.25) is 10.3 Å². The highest BCUT2D eigenvalue weighted by Gasteiger charge is 2.28. The van der Waals surface area contributed by atoms with Crippen LogP contribution in [0.15, 0.2) is 72.1 Å². The van der Waals surface area contributed by atoms with E-state index in [1.165, 1.54) is 40.9 Å². The molecule has 0 atom stereocenters. The number of hydrogen-bond donors (Lipinski definition) is 7. The lowest BCUT2D eigenvalue weighted by Gasteiger charge is -2.04. The van der Waals surface area contributed by atoms with E-state index in [2.05, 4.69) is 95.9 Å². The number of carbonyl (C=O) groups is 2. The van der Waals surface area contributed by atoms with Gasteiger partial charge in [-0.25, -0.2) is 39.5 Å². The highest BCUT2D eigenvalue weighted by atomic mass is 79.9. The fraction of sp³-hybridized carbons (Fsp3) is 0.517. The first kappa shape index (κ1) is 83.8. The normalized spacial score (nSPS) is 10.6. The van der Waals surface area contributed by atoms with Crippen LogP contribution in [0.25, 0.3) is 44.1 Å². The Labute approximate surface area is 598 Å². The van der Waals surface area contributed by atoms with Crippen molar-refractivity contribution in [2.24, 2.45) is 0 Å². The second-order valence-electron chi connectivity index (χ2n) is 20.6. The molecule has 10 rings (SSSR count). The number of aromatic amines is 2. The lowest BCUT2D eigenvalue weighted by atomic mass is 10.3. The van der Waals surface area contributed by atoms with Crippen molar-refractivity contribution in [1.82, 2.24) is 98.6 Å². The first-order chi connectivity index (χ1) is 48.4. The molecule has 10 aromatic heterocycles. The minimum absolute atomic E-state index is 0.0247. The minimum atomic E-state index is -0.836. The topological polar surface area (TPSA) is 490 Å². The lowest BCUT2D eigenvalue weighted by Crippen LogP contribution is -2.14. The zero-order valence-corrected chi connectivity index (χ0v) is 59.3. The molecule has 10 aromatic rings. The van der Waals surface area contributed by atoms with Crippen LogP contribution in [0.4, 0.5) is 11.4 Å². The third-order valence-electron chi connectivity index (χ3n) is 13.4. The molecule has 0 bridgehead atoms. The quantitative estimate of drug-likeness (QED) is 0.00598. The number of halogens is 5. The minimum Gasteiger partial charge on any atom is -0.464 e. The van der Waals surface area contributed by atoms with Gasteiger partial charge in [0.05, 0.1) is 61.5 Å². The molecule has 0 aliphatic heterocycles. The average Bonchev–Trinajstić information content (AvgIpc) is 1.68. The van der Waals surface area contributed by atoms with Gasteiger partial charge in [0.1, 0.15) is 58.1 Å². The number of aryl methyl sites for hydroxylation is 6. The second kappa shape index (κ2) is 47.4. The molecule has 10 heterocycles. The van der Waals surface area contributed by atoms with E-state index in [0.717, 1.165) is 113 Å². The molecule has 0 aliphatic rings. The number of nitrogens with one attached hydrogen (secondary N) is 2. The third kappa shape index (κ3) is 27.5. The van der Waals surface area contributed by atoms with Crippen LogP contribution in [-0.2, 0) is 48.7 Å². The number of aliphatic hydroxyl groups is 5. The summed E-state index contributed by atoms with van der Waals surface area (Å²) in [6, 6.07) is 0. The molecule has 0 radical (unpaired) electrons. The number of hydrogen-bond acceptors (Lipinski definition) is 27. The molecule has 0 saturated carbocycles. The van der Waals surface area contributed by atoms with Crippen LogP contribution in [0.1, 0.15) is 111 Å². The van der Waals surface area contributed by atoms with E-state index >= 15 is 0 Å². The Hall–Kier alpha value is -8.60. The summed E-state index contributed by atoms with van der Waals surface area (Å²) in [6.07, 6.45) is 26.0. The number of fused-ring (bicyclic) bond motifs is 4. The summed E-state index contributed by atoms with van der Waals surface area (Å²) in [5.41, 5.74) is 3.45.